The van der Waals surface area contributed by atoms with Gasteiger partial charge in [0.2, 0.25) is 0 Å². The van der Waals surface area contributed by atoms with Gasteiger partial charge < -0.3 is 23.7 Å². The van der Waals surface area contributed by atoms with Crippen molar-refractivity contribution in [1.29, 1.82) is 0 Å². The van der Waals surface area contributed by atoms with E-state index < -0.39 is 0 Å². The van der Waals surface area contributed by atoms with Crippen LogP contribution in [0.2, 0.25) is 0 Å². The van der Waals surface area contributed by atoms with Crippen LogP contribution in [0.1, 0.15) is 25.7 Å². The third-order valence-electron chi connectivity index (χ3n) is 4.78. The first-order chi connectivity index (χ1) is 11.3. The predicted molar refractivity (Wildman–Crippen MR) is 87.0 cm³/mol. The lowest BCUT2D eigenvalue weighted by molar-refractivity contribution is -0.0242. The van der Waals surface area contributed by atoms with Crippen molar-refractivity contribution in [2.45, 2.75) is 44.0 Å². The topological polar surface area (TPSA) is 52.8 Å². The number of halogens is 1. The Balaban J connectivity index is 1.19. The standard InChI is InChI=1S/C17H29ClO5/c18-5-15(21-11-17-12-23-17)8-19-6-13-1-3-14(4-2-13)7-20-9-16-10-22-16/h13-17H,1-12H2. The van der Waals surface area contributed by atoms with Gasteiger partial charge in [-0.1, -0.05) is 0 Å². The maximum atomic E-state index is 5.92. The summed E-state index contributed by atoms with van der Waals surface area (Å²) in [6.07, 6.45) is 5.59. The third-order valence-corrected chi connectivity index (χ3v) is 5.12. The Bertz CT molecular complexity index is 327. The smallest absolute Gasteiger partial charge is 0.104 e. The van der Waals surface area contributed by atoms with Crippen LogP contribution in [0.15, 0.2) is 0 Å². The summed E-state index contributed by atoms with van der Waals surface area (Å²) in [5.74, 6) is 1.85. The first-order valence-electron chi connectivity index (χ1n) is 8.89. The molecule has 5 nitrogen and oxygen atoms in total. The van der Waals surface area contributed by atoms with Crippen LogP contribution in [0.5, 0.6) is 0 Å². The molecule has 0 aromatic heterocycles. The van der Waals surface area contributed by atoms with Crippen molar-refractivity contribution in [3.05, 3.63) is 0 Å². The van der Waals surface area contributed by atoms with Crippen LogP contribution in [0.3, 0.4) is 0 Å². The number of rotatable bonds is 12. The Morgan fingerprint density at radius 1 is 0.826 bits per heavy atom. The molecule has 3 rings (SSSR count). The number of hydrogen-bond donors (Lipinski definition) is 0. The second kappa shape index (κ2) is 9.54. The minimum atomic E-state index is -0.0183. The molecule has 3 unspecified atom stereocenters. The van der Waals surface area contributed by atoms with Crippen LogP contribution in [0.4, 0.5) is 0 Å². The van der Waals surface area contributed by atoms with E-state index in [-0.39, 0.29) is 12.2 Å². The fourth-order valence-corrected chi connectivity index (χ4v) is 3.18. The average Bonchev–Trinajstić information content (AvgIpc) is 3.46. The lowest BCUT2D eigenvalue weighted by Crippen LogP contribution is -2.27. The Morgan fingerprint density at radius 3 is 1.96 bits per heavy atom. The lowest BCUT2D eigenvalue weighted by atomic mass is 9.83. The van der Waals surface area contributed by atoms with Crippen LogP contribution >= 0.6 is 11.6 Å². The average molecular weight is 349 g/mol. The molecule has 3 aliphatic rings. The van der Waals surface area contributed by atoms with Crippen molar-refractivity contribution in [3.8, 4) is 0 Å². The van der Waals surface area contributed by atoms with Gasteiger partial charge in [-0.2, -0.15) is 0 Å². The third kappa shape index (κ3) is 7.24. The molecule has 0 aromatic carbocycles. The van der Waals surface area contributed by atoms with Gasteiger partial charge in [-0.3, -0.25) is 0 Å². The molecule has 2 heterocycles. The quantitative estimate of drug-likeness (QED) is 0.400. The maximum Gasteiger partial charge on any atom is 0.104 e. The molecule has 0 N–H and O–H groups in total. The van der Waals surface area contributed by atoms with Crippen molar-refractivity contribution in [3.63, 3.8) is 0 Å². The summed E-state index contributed by atoms with van der Waals surface area (Å²) < 4.78 is 27.5. The van der Waals surface area contributed by atoms with E-state index in [9.17, 15) is 0 Å². The van der Waals surface area contributed by atoms with Crippen molar-refractivity contribution in [2.75, 3.05) is 52.1 Å². The molecule has 2 saturated heterocycles. The normalized spacial score (nSPS) is 34.3. The van der Waals surface area contributed by atoms with E-state index in [2.05, 4.69) is 0 Å². The molecule has 0 aromatic rings. The van der Waals surface area contributed by atoms with E-state index in [1.54, 1.807) is 0 Å². The Hall–Kier alpha value is 0.0900. The summed E-state index contributed by atoms with van der Waals surface area (Å²) in [4.78, 5) is 0. The van der Waals surface area contributed by atoms with E-state index in [0.29, 0.717) is 37.0 Å². The summed E-state index contributed by atoms with van der Waals surface area (Å²) in [6.45, 7) is 5.40. The monoisotopic (exact) mass is 348 g/mol. The first kappa shape index (κ1) is 17.9. The first-order valence-corrected chi connectivity index (χ1v) is 9.43. The van der Waals surface area contributed by atoms with Gasteiger partial charge in [0.25, 0.3) is 0 Å². The summed E-state index contributed by atoms with van der Waals surface area (Å²) >= 11 is 5.92. The summed E-state index contributed by atoms with van der Waals surface area (Å²) in [5.41, 5.74) is 0. The van der Waals surface area contributed by atoms with E-state index >= 15 is 0 Å². The molecule has 6 heteroatoms. The minimum Gasteiger partial charge on any atom is -0.378 e. The van der Waals surface area contributed by atoms with Crippen LogP contribution in [-0.4, -0.2) is 70.4 Å². The molecule has 2 aliphatic heterocycles. The van der Waals surface area contributed by atoms with E-state index in [0.717, 1.165) is 33.0 Å². The van der Waals surface area contributed by atoms with Crippen molar-refractivity contribution < 1.29 is 23.7 Å². The second-order valence-electron chi connectivity index (χ2n) is 6.98. The van der Waals surface area contributed by atoms with Crippen LogP contribution in [0.25, 0.3) is 0 Å². The van der Waals surface area contributed by atoms with Gasteiger partial charge in [0.15, 0.2) is 0 Å². The molecule has 134 valence electrons. The second-order valence-corrected chi connectivity index (χ2v) is 7.29. The molecule has 0 radical (unpaired) electrons. The number of hydrogen-bond acceptors (Lipinski definition) is 5. The van der Waals surface area contributed by atoms with E-state index in [4.69, 9.17) is 35.3 Å². The summed E-state index contributed by atoms with van der Waals surface area (Å²) in [7, 11) is 0. The van der Waals surface area contributed by atoms with Gasteiger partial charge >= 0.3 is 0 Å². The van der Waals surface area contributed by atoms with Gasteiger partial charge in [-0.25, -0.2) is 0 Å². The van der Waals surface area contributed by atoms with Gasteiger partial charge in [0.1, 0.15) is 12.2 Å². The zero-order valence-corrected chi connectivity index (χ0v) is 14.5. The van der Waals surface area contributed by atoms with Crippen LogP contribution in [-0.2, 0) is 23.7 Å². The highest BCUT2D eigenvalue weighted by atomic mass is 35.5. The van der Waals surface area contributed by atoms with Crippen LogP contribution in [0, 0.1) is 11.8 Å². The fraction of sp³-hybridized carbons (Fsp3) is 1.00. The molecule has 0 amide bonds. The highest BCUT2D eigenvalue weighted by Crippen LogP contribution is 2.29. The molecule has 3 fully saturated rings. The molecular formula is C17H29ClO5. The molecule has 1 aliphatic carbocycles. The highest BCUT2D eigenvalue weighted by Gasteiger charge is 2.26. The van der Waals surface area contributed by atoms with Gasteiger partial charge in [-0.15, -0.1) is 11.6 Å². The Labute approximate surface area is 143 Å². The minimum absolute atomic E-state index is 0.0183. The molecule has 23 heavy (non-hydrogen) atoms. The molecule has 1 saturated carbocycles. The van der Waals surface area contributed by atoms with E-state index in [1.165, 1.54) is 25.7 Å². The molecular weight excluding hydrogens is 320 g/mol. The fourth-order valence-electron chi connectivity index (χ4n) is 3.01. The van der Waals surface area contributed by atoms with Gasteiger partial charge in [0.05, 0.1) is 45.0 Å². The van der Waals surface area contributed by atoms with Crippen molar-refractivity contribution >= 4 is 11.6 Å². The highest BCUT2D eigenvalue weighted by molar-refractivity contribution is 6.18. The zero-order valence-electron chi connectivity index (χ0n) is 13.8. The largest absolute Gasteiger partial charge is 0.378 e. The van der Waals surface area contributed by atoms with Crippen LogP contribution < -0.4 is 0 Å². The molecule has 0 bridgehead atoms. The number of epoxide rings is 2. The summed E-state index contributed by atoms with van der Waals surface area (Å²) in [5, 5.41) is 0. The number of ether oxygens (including phenoxy) is 5. The van der Waals surface area contributed by atoms with Crippen molar-refractivity contribution in [2.24, 2.45) is 11.8 Å². The summed E-state index contributed by atoms with van der Waals surface area (Å²) in [6, 6.07) is 0. The Morgan fingerprint density at radius 2 is 1.39 bits per heavy atom. The zero-order chi connectivity index (χ0) is 15.9. The van der Waals surface area contributed by atoms with Crippen molar-refractivity contribution in [1.82, 2.24) is 0 Å². The molecule has 3 atom stereocenters. The Kier molecular flexibility index (Phi) is 7.42. The molecule has 0 spiro atoms. The van der Waals surface area contributed by atoms with Gasteiger partial charge in [0, 0.05) is 13.2 Å². The lowest BCUT2D eigenvalue weighted by Gasteiger charge is -2.28. The SMILES string of the molecule is ClCC(COCC1CCC(COCC2CO2)CC1)OCC1CO1. The number of alkyl halides is 1. The maximum absolute atomic E-state index is 5.92. The van der Waals surface area contributed by atoms with E-state index in [1.807, 2.05) is 0 Å². The van der Waals surface area contributed by atoms with Gasteiger partial charge in [-0.05, 0) is 37.5 Å². The predicted octanol–water partition coefficient (Wildman–Crippen LogP) is 2.25.